The third kappa shape index (κ3) is 6.86. The minimum atomic E-state index is -2.02. The van der Waals surface area contributed by atoms with Gasteiger partial charge in [0, 0.05) is 4.90 Å². The summed E-state index contributed by atoms with van der Waals surface area (Å²) in [5, 5.41) is 12.1. The molecule has 0 amide bonds. The number of benzene rings is 4. The molecule has 0 aromatic heterocycles. The van der Waals surface area contributed by atoms with E-state index in [4.69, 9.17) is 5.26 Å². The van der Waals surface area contributed by atoms with Crippen LogP contribution in [0, 0.1) is 0 Å². The van der Waals surface area contributed by atoms with Crippen LogP contribution < -0.4 is 0 Å². The van der Waals surface area contributed by atoms with Gasteiger partial charge < -0.3 is 4.55 Å². The first-order valence-electron chi connectivity index (χ1n) is 10.6. The Kier molecular flexibility index (Phi) is 8.80. The van der Waals surface area contributed by atoms with E-state index in [0.717, 1.165) is 50.3 Å². The highest BCUT2D eigenvalue weighted by molar-refractivity contribution is 7.94. The molecule has 0 aliphatic rings. The molecule has 1 unspecified atom stereocenters. The molecule has 0 saturated heterocycles. The fourth-order valence-corrected chi connectivity index (χ4v) is 4.47. The number of rotatable bonds is 9. The van der Waals surface area contributed by atoms with Gasteiger partial charge >= 0.3 is 0 Å². The van der Waals surface area contributed by atoms with Gasteiger partial charge in [-0.2, -0.15) is 0 Å². The highest BCUT2D eigenvalue weighted by Crippen LogP contribution is 2.26. The molecule has 1 atom stereocenters. The molecule has 0 spiro atoms. The largest absolute Gasteiger partial charge is 0.302 e. The molecule has 4 aromatic rings. The zero-order chi connectivity index (χ0) is 24.5. The molecule has 0 heterocycles. The second-order valence-corrected chi connectivity index (χ2v) is 9.14. The van der Waals surface area contributed by atoms with Crippen molar-refractivity contribution in [3.8, 4) is 11.1 Å². The van der Waals surface area contributed by atoms with Gasteiger partial charge in [-0.05, 0) is 45.5 Å². The molecule has 0 fully saturated rings. The second-order valence-electron chi connectivity index (χ2n) is 7.46. The maximum Gasteiger partial charge on any atom is 0.187 e. The molecule has 0 aliphatic carbocycles. The monoisotopic (exact) mass is 502 g/mol. The maximum absolute atomic E-state index is 11.5. The molecule has 5 nitrogen and oxygen atoms in total. The summed E-state index contributed by atoms with van der Waals surface area (Å²) in [5.74, 6) is 0. The standard InChI is InChI=1S/C28H22O5S2/c29-32-33-34-27-7-3-1-5-25(27)19-13-21-9-15-23(16-10-21)24-17-11-22(12-18-24)14-20-26-6-2-4-8-28(26)35(30)31/h1-20,29H,(H,30,31)/b19-13+,20-14+. The third-order valence-electron chi connectivity index (χ3n) is 5.25. The third-order valence-corrected chi connectivity index (χ3v) is 6.67. The van der Waals surface area contributed by atoms with E-state index in [2.05, 4.69) is 45.8 Å². The second kappa shape index (κ2) is 12.4. The summed E-state index contributed by atoms with van der Waals surface area (Å²) in [5.41, 5.74) is 5.90. The summed E-state index contributed by atoms with van der Waals surface area (Å²) < 4.78 is 25.5. The first-order valence-corrected chi connectivity index (χ1v) is 12.5. The summed E-state index contributed by atoms with van der Waals surface area (Å²) in [6.45, 7) is 0. The molecular formula is C28H22O5S2. The van der Waals surface area contributed by atoms with Crippen LogP contribution >= 0.6 is 12.0 Å². The normalized spacial score (nSPS) is 12.4. The Morgan fingerprint density at radius 2 is 1.17 bits per heavy atom. The Balaban J connectivity index is 1.44. The lowest BCUT2D eigenvalue weighted by Gasteiger charge is -2.05. The highest BCUT2D eigenvalue weighted by atomic mass is 32.2. The van der Waals surface area contributed by atoms with Gasteiger partial charge in [-0.15, -0.1) is 4.33 Å². The summed E-state index contributed by atoms with van der Waals surface area (Å²) in [6.07, 6.45) is 7.76. The lowest BCUT2D eigenvalue weighted by molar-refractivity contribution is -0.432. The van der Waals surface area contributed by atoms with E-state index in [1.807, 2.05) is 72.8 Å². The molecular weight excluding hydrogens is 480 g/mol. The zero-order valence-corrected chi connectivity index (χ0v) is 20.1. The quantitative estimate of drug-likeness (QED) is 0.0803. The fraction of sp³-hybridized carbons (Fsp3) is 0. The van der Waals surface area contributed by atoms with Gasteiger partial charge in [0.1, 0.15) is 0 Å². The van der Waals surface area contributed by atoms with Crippen molar-refractivity contribution >= 4 is 47.4 Å². The first-order chi connectivity index (χ1) is 17.1. The van der Waals surface area contributed by atoms with Crippen molar-refractivity contribution in [3.05, 3.63) is 119 Å². The van der Waals surface area contributed by atoms with Crippen LogP contribution in [-0.2, 0) is 20.5 Å². The molecule has 0 aliphatic heterocycles. The van der Waals surface area contributed by atoms with Crippen LogP contribution in [0.3, 0.4) is 0 Å². The predicted octanol–water partition coefficient (Wildman–Crippen LogP) is 7.70. The summed E-state index contributed by atoms with van der Waals surface area (Å²) >= 11 is -1.09. The Labute approximate surface area is 210 Å². The average Bonchev–Trinajstić information content (AvgIpc) is 2.90. The van der Waals surface area contributed by atoms with Crippen molar-refractivity contribution in [1.29, 1.82) is 0 Å². The van der Waals surface area contributed by atoms with Gasteiger partial charge in [-0.3, -0.25) is 0 Å². The van der Waals surface area contributed by atoms with E-state index in [0.29, 0.717) is 4.90 Å². The summed E-state index contributed by atoms with van der Waals surface area (Å²) in [4.78, 5) is 1.21. The van der Waals surface area contributed by atoms with Gasteiger partial charge in [-0.25, -0.2) is 9.47 Å². The van der Waals surface area contributed by atoms with E-state index in [1.54, 1.807) is 12.1 Å². The van der Waals surface area contributed by atoms with E-state index >= 15 is 0 Å². The minimum Gasteiger partial charge on any atom is -0.302 e. The average molecular weight is 503 g/mol. The summed E-state index contributed by atoms with van der Waals surface area (Å²) in [6, 6.07) is 31.1. The predicted molar refractivity (Wildman–Crippen MR) is 142 cm³/mol. The molecule has 2 N–H and O–H groups in total. The van der Waals surface area contributed by atoms with Crippen molar-refractivity contribution in [3.63, 3.8) is 0 Å². The van der Waals surface area contributed by atoms with Crippen LogP contribution in [-0.4, -0.2) is 14.0 Å². The Bertz CT molecular complexity index is 1350. The van der Waals surface area contributed by atoms with E-state index in [1.165, 1.54) is 0 Å². The lowest BCUT2D eigenvalue weighted by atomic mass is 10.0. The smallest absolute Gasteiger partial charge is 0.187 e. The SMILES string of the molecule is O=S(O)c1ccccc1/C=C/c1ccc(-c2ccc(/C=C/c3ccccc3SOOO)cc2)cc1. The van der Waals surface area contributed by atoms with Crippen molar-refractivity contribution in [2.24, 2.45) is 0 Å². The Morgan fingerprint density at radius 1 is 0.657 bits per heavy atom. The lowest BCUT2D eigenvalue weighted by Crippen LogP contribution is -1.91. The molecule has 4 rings (SSSR count). The Hall–Kier alpha value is -3.30. The number of hydrogen-bond acceptors (Lipinski definition) is 5. The van der Waals surface area contributed by atoms with Crippen LogP contribution in [0.4, 0.5) is 0 Å². The van der Waals surface area contributed by atoms with Crippen molar-refractivity contribution < 1.29 is 23.4 Å². The van der Waals surface area contributed by atoms with Gasteiger partial charge in [0.05, 0.1) is 16.9 Å². The molecule has 4 aromatic carbocycles. The van der Waals surface area contributed by atoms with Gasteiger partial charge in [0.25, 0.3) is 0 Å². The molecule has 0 radical (unpaired) electrons. The Morgan fingerprint density at radius 3 is 1.74 bits per heavy atom. The van der Waals surface area contributed by atoms with Crippen LogP contribution in [0.2, 0.25) is 0 Å². The fourth-order valence-electron chi connectivity index (χ4n) is 3.47. The molecule has 0 saturated carbocycles. The summed E-state index contributed by atoms with van der Waals surface area (Å²) in [7, 11) is 0. The van der Waals surface area contributed by atoms with E-state index < -0.39 is 11.1 Å². The maximum atomic E-state index is 11.5. The van der Waals surface area contributed by atoms with Crippen molar-refractivity contribution in [1.82, 2.24) is 0 Å². The number of hydrogen-bond donors (Lipinski definition) is 2. The molecule has 176 valence electrons. The van der Waals surface area contributed by atoms with Crippen LogP contribution in [0.1, 0.15) is 22.3 Å². The molecule has 35 heavy (non-hydrogen) atoms. The zero-order valence-electron chi connectivity index (χ0n) is 18.5. The molecule has 7 heteroatoms. The minimum absolute atomic E-state index is 0.393. The van der Waals surface area contributed by atoms with Crippen molar-refractivity contribution in [2.45, 2.75) is 9.79 Å². The van der Waals surface area contributed by atoms with Crippen LogP contribution in [0.15, 0.2) is 107 Å². The van der Waals surface area contributed by atoms with Crippen LogP contribution in [0.5, 0.6) is 0 Å². The highest BCUT2D eigenvalue weighted by Gasteiger charge is 2.04. The first kappa shape index (κ1) is 24.8. The van der Waals surface area contributed by atoms with E-state index in [9.17, 15) is 8.76 Å². The van der Waals surface area contributed by atoms with Crippen molar-refractivity contribution in [2.75, 3.05) is 0 Å². The molecule has 0 bridgehead atoms. The van der Waals surface area contributed by atoms with E-state index in [-0.39, 0.29) is 0 Å². The topological polar surface area (TPSA) is 76.0 Å². The van der Waals surface area contributed by atoms with Gasteiger partial charge in [-0.1, -0.05) is 114 Å². The van der Waals surface area contributed by atoms with Crippen LogP contribution in [0.25, 0.3) is 35.4 Å². The van der Waals surface area contributed by atoms with Gasteiger partial charge in [0.2, 0.25) is 0 Å². The van der Waals surface area contributed by atoms with Gasteiger partial charge in [0.15, 0.2) is 11.1 Å².